The van der Waals surface area contributed by atoms with E-state index in [2.05, 4.69) is 12.1 Å². The molecule has 1 aromatic heterocycles. The molecule has 0 radical (unpaired) electrons. The summed E-state index contributed by atoms with van der Waals surface area (Å²) in [6.07, 6.45) is 4.58. The summed E-state index contributed by atoms with van der Waals surface area (Å²) in [6, 6.07) is 22.2. The number of hydrogen-bond acceptors (Lipinski definition) is 4. The van der Waals surface area contributed by atoms with E-state index in [0.29, 0.717) is 18.3 Å². The first-order chi connectivity index (χ1) is 15.7. The summed E-state index contributed by atoms with van der Waals surface area (Å²) in [5.74, 6) is 0.743. The molecule has 5 heteroatoms. The maximum Gasteiger partial charge on any atom is 0.260 e. The third-order valence-electron chi connectivity index (χ3n) is 5.93. The van der Waals surface area contributed by atoms with Crippen LogP contribution in [0.3, 0.4) is 0 Å². The van der Waals surface area contributed by atoms with Crippen LogP contribution >= 0.6 is 11.3 Å². The molecular formula is C27H26N2O2S. The standard InChI is InChI=1S/C27H26N2O2S/c1-2-31-23-13-8-14-24-25(23)28-27(32-24)29(18-19-9-4-3-5-10-19)26(30)22-16-15-20-11-6-7-12-21(20)17-22/h3-5,8-10,13-17H,2,6-7,11-12,18H2,1H3. The Morgan fingerprint density at radius 3 is 2.62 bits per heavy atom. The van der Waals surface area contributed by atoms with Gasteiger partial charge in [-0.3, -0.25) is 9.69 Å². The second kappa shape index (κ2) is 9.13. The predicted octanol–water partition coefficient (Wildman–Crippen LogP) is 6.42. The molecule has 3 aromatic carbocycles. The first kappa shape index (κ1) is 20.7. The van der Waals surface area contributed by atoms with Crippen molar-refractivity contribution in [1.29, 1.82) is 0 Å². The van der Waals surface area contributed by atoms with Gasteiger partial charge in [0, 0.05) is 5.56 Å². The topological polar surface area (TPSA) is 42.4 Å². The van der Waals surface area contributed by atoms with E-state index >= 15 is 0 Å². The number of anilines is 1. The van der Waals surface area contributed by atoms with Gasteiger partial charge in [0.1, 0.15) is 11.3 Å². The number of para-hydroxylation sites is 1. The van der Waals surface area contributed by atoms with Crippen molar-refractivity contribution < 1.29 is 9.53 Å². The maximum absolute atomic E-state index is 13.8. The minimum atomic E-state index is -0.0146. The van der Waals surface area contributed by atoms with Gasteiger partial charge in [-0.25, -0.2) is 4.98 Å². The van der Waals surface area contributed by atoms with E-state index in [9.17, 15) is 4.79 Å². The van der Waals surface area contributed by atoms with Crippen LogP contribution in [0, 0.1) is 0 Å². The van der Waals surface area contributed by atoms with Crippen LogP contribution in [0.25, 0.3) is 10.2 Å². The number of carbonyl (C=O) groups is 1. The first-order valence-electron chi connectivity index (χ1n) is 11.2. The fraction of sp³-hybridized carbons (Fsp3) is 0.259. The molecule has 0 fully saturated rings. The average molecular weight is 443 g/mol. The number of aryl methyl sites for hydroxylation is 2. The molecule has 0 bridgehead atoms. The van der Waals surface area contributed by atoms with Crippen LogP contribution in [0.2, 0.25) is 0 Å². The molecule has 0 atom stereocenters. The lowest BCUT2D eigenvalue weighted by Crippen LogP contribution is -2.30. The van der Waals surface area contributed by atoms with Crippen LogP contribution in [0.15, 0.2) is 66.7 Å². The number of amides is 1. The molecule has 0 N–H and O–H groups in total. The average Bonchev–Trinajstić information content (AvgIpc) is 3.28. The van der Waals surface area contributed by atoms with Crippen LogP contribution in [-0.4, -0.2) is 17.5 Å². The van der Waals surface area contributed by atoms with E-state index < -0.39 is 0 Å². The second-order valence-corrected chi connectivity index (χ2v) is 9.11. The molecular weight excluding hydrogens is 416 g/mol. The molecule has 0 spiro atoms. The van der Waals surface area contributed by atoms with Gasteiger partial charge in [0.2, 0.25) is 0 Å². The molecule has 1 aliphatic carbocycles. The lowest BCUT2D eigenvalue weighted by molar-refractivity contribution is 0.0985. The zero-order chi connectivity index (χ0) is 21.9. The van der Waals surface area contributed by atoms with Gasteiger partial charge in [-0.1, -0.05) is 53.8 Å². The summed E-state index contributed by atoms with van der Waals surface area (Å²) < 4.78 is 6.79. The number of aromatic nitrogens is 1. The number of ether oxygens (including phenoxy) is 1. The van der Waals surface area contributed by atoms with Crippen molar-refractivity contribution in [2.45, 2.75) is 39.2 Å². The number of thiazole rings is 1. The molecule has 1 aliphatic rings. The van der Waals surface area contributed by atoms with Crippen LogP contribution in [0.1, 0.15) is 46.8 Å². The van der Waals surface area contributed by atoms with E-state index in [1.165, 1.54) is 35.3 Å². The summed E-state index contributed by atoms with van der Waals surface area (Å²) in [5.41, 5.74) is 5.30. The van der Waals surface area contributed by atoms with Gasteiger partial charge >= 0.3 is 0 Å². The fourth-order valence-electron chi connectivity index (χ4n) is 4.31. The van der Waals surface area contributed by atoms with Crippen LogP contribution in [-0.2, 0) is 19.4 Å². The second-order valence-electron chi connectivity index (χ2n) is 8.10. The summed E-state index contributed by atoms with van der Waals surface area (Å²) in [5, 5.41) is 0.693. The summed E-state index contributed by atoms with van der Waals surface area (Å²) in [6.45, 7) is 3.02. The Balaban J connectivity index is 1.56. The Morgan fingerprint density at radius 1 is 1.00 bits per heavy atom. The van der Waals surface area contributed by atoms with Crippen LogP contribution in [0.5, 0.6) is 5.75 Å². The Morgan fingerprint density at radius 2 is 1.81 bits per heavy atom. The van der Waals surface area contributed by atoms with Gasteiger partial charge < -0.3 is 4.74 Å². The molecule has 5 rings (SSSR count). The van der Waals surface area contributed by atoms with Gasteiger partial charge in [-0.15, -0.1) is 0 Å². The number of nitrogens with zero attached hydrogens (tertiary/aromatic N) is 2. The fourth-order valence-corrected chi connectivity index (χ4v) is 5.29. The molecule has 4 aromatic rings. The summed E-state index contributed by atoms with van der Waals surface area (Å²) >= 11 is 1.53. The minimum absolute atomic E-state index is 0.0146. The number of hydrogen-bond donors (Lipinski definition) is 0. The van der Waals surface area contributed by atoms with Crippen molar-refractivity contribution in [1.82, 2.24) is 4.98 Å². The lowest BCUT2D eigenvalue weighted by atomic mass is 9.90. The number of fused-ring (bicyclic) bond motifs is 2. The smallest absolute Gasteiger partial charge is 0.260 e. The molecule has 4 nitrogen and oxygen atoms in total. The highest BCUT2D eigenvalue weighted by molar-refractivity contribution is 7.22. The van der Waals surface area contributed by atoms with E-state index in [4.69, 9.17) is 9.72 Å². The van der Waals surface area contributed by atoms with Crippen molar-refractivity contribution >= 4 is 32.6 Å². The van der Waals surface area contributed by atoms with Crippen LogP contribution < -0.4 is 9.64 Å². The van der Waals surface area contributed by atoms with Gasteiger partial charge in [-0.05, 0) is 73.6 Å². The molecule has 32 heavy (non-hydrogen) atoms. The lowest BCUT2D eigenvalue weighted by Gasteiger charge is -2.22. The van der Waals surface area contributed by atoms with Gasteiger partial charge in [0.05, 0.1) is 17.9 Å². The molecule has 0 saturated carbocycles. The normalized spacial score (nSPS) is 13.0. The Labute approximate surface area is 192 Å². The molecule has 162 valence electrons. The summed E-state index contributed by atoms with van der Waals surface area (Å²) in [7, 11) is 0. The van der Waals surface area contributed by atoms with Gasteiger partial charge in [-0.2, -0.15) is 0 Å². The molecule has 1 heterocycles. The Kier molecular flexibility index (Phi) is 5.91. The number of rotatable bonds is 6. The number of benzene rings is 3. The van der Waals surface area contributed by atoms with Gasteiger partial charge in [0.15, 0.2) is 5.13 Å². The highest BCUT2D eigenvalue weighted by atomic mass is 32.1. The predicted molar refractivity (Wildman–Crippen MR) is 131 cm³/mol. The SMILES string of the molecule is CCOc1cccc2sc(N(Cc3ccccc3)C(=O)c3ccc4c(c3)CCCC4)nc12. The van der Waals surface area contributed by atoms with E-state index in [-0.39, 0.29) is 5.91 Å². The van der Waals surface area contributed by atoms with E-state index in [1.807, 2.05) is 61.5 Å². The van der Waals surface area contributed by atoms with E-state index in [1.54, 1.807) is 4.90 Å². The van der Waals surface area contributed by atoms with Crippen molar-refractivity contribution in [3.63, 3.8) is 0 Å². The molecule has 0 unspecified atom stereocenters. The Bertz CT molecular complexity index is 1250. The van der Waals surface area contributed by atoms with Crippen molar-refractivity contribution in [3.05, 3.63) is 89.0 Å². The van der Waals surface area contributed by atoms with Crippen molar-refractivity contribution in [2.75, 3.05) is 11.5 Å². The zero-order valence-corrected chi connectivity index (χ0v) is 19.0. The largest absolute Gasteiger partial charge is 0.492 e. The first-order valence-corrected chi connectivity index (χ1v) is 12.0. The summed E-state index contributed by atoms with van der Waals surface area (Å²) in [4.78, 5) is 20.5. The monoisotopic (exact) mass is 442 g/mol. The molecule has 0 aliphatic heterocycles. The quantitative estimate of drug-likeness (QED) is 0.346. The van der Waals surface area contributed by atoms with Gasteiger partial charge in [0.25, 0.3) is 5.91 Å². The number of carbonyl (C=O) groups excluding carboxylic acids is 1. The van der Waals surface area contributed by atoms with Crippen molar-refractivity contribution in [3.8, 4) is 5.75 Å². The zero-order valence-electron chi connectivity index (χ0n) is 18.2. The maximum atomic E-state index is 13.8. The highest BCUT2D eigenvalue weighted by Gasteiger charge is 2.24. The minimum Gasteiger partial charge on any atom is -0.492 e. The third-order valence-corrected chi connectivity index (χ3v) is 6.97. The molecule has 0 saturated heterocycles. The Hall–Kier alpha value is -3.18. The molecule has 1 amide bonds. The third kappa shape index (κ3) is 4.13. The highest BCUT2D eigenvalue weighted by Crippen LogP contribution is 2.35. The van der Waals surface area contributed by atoms with Crippen LogP contribution in [0.4, 0.5) is 5.13 Å². The van der Waals surface area contributed by atoms with E-state index in [0.717, 1.165) is 39.9 Å². The van der Waals surface area contributed by atoms with Crippen molar-refractivity contribution in [2.24, 2.45) is 0 Å².